The van der Waals surface area contributed by atoms with Crippen LogP contribution in [0.5, 0.6) is 11.5 Å². The predicted molar refractivity (Wildman–Crippen MR) is 69.4 cm³/mol. The Morgan fingerprint density at radius 3 is 2.50 bits per heavy atom. The maximum absolute atomic E-state index is 11.3. The predicted octanol–water partition coefficient (Wildman–Crippen LogP) is 1.79. The summed E-state index contributed by atoms with van der Waals surface area (Å²) in [6.07, 6.45) is 0. The van der Waals surface area contributed by atoms with Crippen LogP contribution < -0.4 is 19.8 Å². The fraction of sp³-hybridized carbons (Fsp3) is 0.200. The molecular weight excluding hydrogens is 372 g/mol. The molecule has 0 saturated heterocycles. The van der Waals surface area contributed by atoms with Gasteiger partial charge in [0.05, 0.1) is 20.3 Å². The van der Waals surface area contributed by atoms with E-state index in [0.29, 0.717) is 21.7 Å². The van der Waals surface area contributed by atoms with E-state index in [-0.39, 0.29) is 4.60 Å². The summed E-state index contributed by atoms with van der Waals surface area (Å²) in [6, 6.07) is 3.45. The summed E-state index contributed by atoms with van der Waals surface area (Å²) in [6.45, 7) is 0. The highest BCUT2D eigenvalue weighted by Crippen LogP contribution is 2.33. The molecule has 6 nitrogen and oxygen atoms in total. The van der Waals surface area contributed by atoms with Crippen molar-refractivity contribution in [3.8, 4) is 17.2 Å². The van der Waals surface area contributed by atoms with Crippen molar-refractivity contribution in [1.82, 2.24) is 5.27 Å². The summed E-state index contributed by atoms with van der Waals surface area (Å²) in [5, 5.41) is 2.47. The number of nitrogens with zero attached hydrogens (tertiary/aromatic N) is 1. The number of H-pyrrole nitrogens is 1. The molecule has 0 aliphatic rings. The highest BCUT2D eigenvalue weighted by molar-refractivity contribution is 9.11. The Hall–Kier alpha value is -1.28. The van der Waals surface area contributed by atoms with Crippen LogP contribution in [0.1, 0.15) is 0 Å². The monoisotopic (exact) mass is 379 g/mol. The summed E-state index contributed by atoms with van der Waals surface area (Å²) < 4.78 is 17.4. The molecule has 2 aromatic rings. The molecule has 18 heavy (non-hydrogen) atoms. The van der Waals surface area contributed by atoms with Crippen LogP contribution in [0.4, 0.5) is 0 Å². The van der Waals surface area contributed by atoms with E-state index in [0.717, 1.165) is 0 Å². The van der Waals surface area contributed by atoms with Crippen molar-refractivity contribution in [1.29, 1.82) is 0 Å². The third-order valence-corrected chi connectivity index (χ3v) is 3.76. The minimum atomic E-state index is -0.510. The average Bonchev–Trinajstić information content (AvgIpc) is 2.70. The Balaban J connectivity index is 2.70. The first-order valence-corrected chi connectivity index (χ1v) is 6.38. The zero-order valence-electron chi connectivity index (χ0n) is 9.49. The van der Waals surface area contributed by atoms with Crippen molar-refractivity contribution in [2.45, 2.75) is 0 Å². The van der Waals surface area contributed by atoms with Gasteiger partial charge in [-0.1, -0.05) is 0 Å². The maximum Gasteiger partial charge on any atom is 0.442 e. The highest BCUT2D eigenvalue weighted by atomic mass is 79.9. The van der Waals surface area contributed by atoms with Crippen molar-refractivity contribution >= 4 is 31.9 Å². The Bertz CT molecular complexity index is 635. The van der Waals surface area contributed by atoms with E-state index in [1.165, 1.54) is 4.68 Å². The lowest BCUT2D eigenvalue weighted by Gasteiger charge is -2.06. The van der Waals surface area contributed by atoms with E-state index in [9.17, 15) is 4.79 Å². The molecule has 2 rings (SSSR count). The second-order valence-electron chi connectivity index (χ2n) is 3.27. The molecule has 0 amide bonds. The first kappa shape index (κ1) is 13.2. The molecule has 0 aliphatic heterocycles. The first-order valence-electron chi connectivity index (χ1n) is 4.79. The topological polar surface area (TPSA) is 68.3 Å². The summed E-state index contributed by atoms with van der Waals surface area (Å²) in [5.41, 5.74) is 0.104. The molecule has 0 bridgehead atoms. The number of aromatic nitrogens is 2. The molecule has 0 spiro atoms. The molecule has 0 unspecified atom stereocenters. The van der Waals surface area contributed by atoms with Crippen LogP contribution in [0.2, 0.25) is 0 Å². The van der Waals surface area contributed by atoms with Crippen LogP contribution in [0.25, 0.3) is 5.69 Å². The number of rotatable bonds is 3. The zero-order valence-corrected chi connectivity index (χ0v) is 12.7. The molecule has 0 fully saturated rings. The van der Waals surface area contributed by atoms with E-state index < -0.39 is 5.63 Å². The lowest BCUT2D eigenvalue weighted by atomic mass is 10.3. The number of benzene rings is 1. The smallest absolute Gasteiger partial charge is 0.442 e. The number of hydrogen-bond donors (Lipinski definition) is 1. The van der Waals surface area contributed by atoms with Gasteiger partial charge >= 0.3 is 10.2 Å². The normalized spacial score (nSPS) is 10.4. The van der Waals surface area contributed by atoms with E-state index in [2.05, 4.69) is 41.7 Å². The molecule has 96 valence electrons. The van der Waals surface area contributed by atoms with Gasteiger partial charge in [0.2, 0.25) is 0 Å². The van der Waals surface area contributed by atoms with E-state index in [1.54, 1.807) is 26.4 Å². The number of halogens is 2. The third-order valence-electron chi connectivity index (χ3n) is 2.28. The van der Waals surface area contributed by atoms with Crippen LogP contribution in [-0.2, 0) is 0 Å². The summed E-state index contributed by atoms with van der Waals surface area (Å²) in [5.74, 6) is 1.16. The Morgan fingerprint density at radius 2 is 2.00 bits per heavy atom. The van der Waals surface area contributed by atoms with E-state index >= 15 is 0 Å². The fourth-order valence-electron chi connectivity index (χ4n) is 1.40. The van der Waals surface area contributed by atoms with Gasteiger partial charge < -0.3 is 9.47 Å². The van der Waals surface area contributed by atoms with Gasteiger partial charge in [-0.15, -0.1) is 0 Å². The summed E-state index contributed by atoms with van der Waals surface area (Å²) >= 11 is 6.54. The minimum Gasteiger partial charge on any atom is -0.496 e. The van der Waals surface area contributed by atoms with Crippen molar-refractivity contribution < 1.29 is 18.7 Å². The van der Waals surface area contributed by atoms with E-state index in [1.807, 2.05) is 0 Å². The molecule has 0 saturated carbocycles. The van der Waals surface area contributed by atoms with Gasteiger partial charge in [-0.05, 0) is 25.9 Å². The minimum absolute atomic E-state index is 0.235. The molecule has 1 heterocycles. The van der Waals surface area contributed by atoms with Crippen molar-refractivity contribution in [2.75, 3.05) is 14.2 Å². The quantitative estimate of drug-likeness (QED) is 0.824. The average molecular weight is 381 g/mol. The van der Waals surface area contributed by atoms with Crippen LogP contribution in [0, 0.1) is 0 Å². The summed E-state index contributed by atoms with van der Waals surface area (Å²) in [4.78, 5) is 11.3. The van der Waals surface area contributed by atoms with Gasteiger partial charge in [-0.25, -0.2) is 4.79 Å². The lowest BCUT2D eigenvalue weighted by Crippen LogP contribution is -2.35. The number of aromatic amines is 1. The molecule has 1 aromatic heterocycles. The van der Waals surface area contributed by atoms with Gasteiger partial charge in [-0.2, -0.15) is 0 Å². The number of nitrogens with one attached hydrogen (secondary N) is 1. The molecule has 0 radical (unpaired) electrons. The van der Waals surface area contributed by atoms with Crippen LogP contribution >= 0.6 is 31.9 Å². The largest absolute Gasteiger partial charge is 0.496 e. The molecule has 0 aliphatic carbocycles. The standard InChI is InChI=1S/C10H8Br2N2O4/c1-16-5-3-6(8(11)7(4-5)17-2)14-9(12)10(15)18-13-14/h3-4H,1-2H3/p+1. The molecule has 0 atom stereocenters. The van der Waals surface area contributed by atoms with E-state index in [4.69, 9.17) is 9.47 Å². The first-order chi connectivity index (χ1) is 8.58. The van der Waals surface area contributed by atoms with Crippen LogP contribution in [-0.4, -0.2) is 19.5 Å². The van der Waals surface area contributed by atoms with Crippen molar-refractivity contribution in [3.63, 3.8) is 0 Å². The van der Waals surface area contributed by atoms with Gasteiger partial charge in [-0.3, -0.25) is 4.52 Å². The van der Waals surface area contributed by atoms with Gasteiger partial charge in [0.1, 0.15) is 16.0 Å². The maximum atomic E-state index is 11.3. The molecule has 1 N–H and O–H groups in total. The second kappa shape index (κ2) is 5.15. The fourth-order valence-corrected chi connectivity index (χ4v) is 2.32. The SMILES string of the molecule is COc1cc(OC)c(Br)c(-[n+]2[nH]oc(=O)c2Br)c1. The molecule has 8 heteroatoms. The number of ether oxygens (including phenoxy) is 2. The van der Waals surface area contributed by atoms with Crippen molar-refractivity contribution in [3.05, 3.63) is 31.6 Å². The Morgan fingerprint density at radius 1 is 1.28 bits per heavy atom. The third kappa shape index (κ3) is 2.17. The van der Waals surface area contributed by atoms with Gasteiger partial charge in [0.15, 0.2) is 0 Å². The van der Waals surface area contributed by atoms with Gasteiger partial charge in [0.25, 0.3) is 5.69 Å². The molecular formula is C10H9Br2N2O4+. The Kier molecular flexibility index (Phi) is 3.76. The zero-order chi connectivity index (χ0) is 13.3. The van der Waals surface area contributed by atoms with Crippen LogP contribution in [0.15, 0.2) is 30.5 Å². The van der Waals surface area contributed by atoms with Gasteiger partial charge in [0, 0.05) is 22.0 Å². The Labute approximate surface area is 119 Å². The lowest BCUT2D eigenvalue weighted by molar-refractivity contribution is -0.681. The summed E-state index contributed by atoms with van der Waals surface area (Å²) in [7, 11) is 3.09. The molecule has 1 aromatic carbocycles. The van der Waals surface area contributed by atoms with Crippen molar-refractivity contribution in [2.24, 2.45) is 0 Å². The highest BCUT2D eigenvalue weighted by Gasteiger charge is 2.26. The second-order valence-corrected chi connectivity index (χ2v) is 4.81. The van der Waals surface area contributed by atoms with Crippen LogP contribution in [0.3, 0.4) is 0 Å². The number of hydrogen-bond acceptors (Lipinski definition) is 4. The number of methoxy groups -OCH3 is 2.